The zero-order chi connectivity index (χ0) is 11.6. The van der Waals surface area contributed by atoms with Crippen LogP contribution >= 0.6 is 0 Å². The first kappa shape index (κ1) is 10.9. The third-order valence-corrected chi connectivity index (χ3v) is 2.94. The number of nitrogens with two attached hydrogens (primary N) is 1. The summed E-state index contributed by atoms with van der Waals surface area (Å²) >= 11 is 0. The molecule has 0 spiro atoms. The van der Waals surface area contributed by atoms with Gasteiger partial charge in [0.25, 0.3) is 0 Å². The molecule has 1 aliphatic rings. The van der Waals surface area contributed by atoms with Crippen molar-refractivity contribution >= 4 is 11.6 Å². The van der Waals surface area contributed by atoms with E-state index in [0.717, 1.165) is 12.8 Å². The van der Waals surface area contributed by atoms with Crippen molar-refractivity contribution in [2.45, 2.75) is 12.8 Å². The molecule has 1 amide bonds. The Morgan fingerprint density at radius 3 is 3.00 bits per heavy atom. The number of rotatable bonds is 4. The summed E-state index contributed by atoms with van der Waals surface area (Å²) in [5.41, 5.74) is 5.82. The topological polar surface area (TPSA) is 77.2 Å². The van der Waals surface area contributed by atoms with Gasteiger partial charge in [-0.1, -0.05) is 0 Å². The molecule has 1 heterocycles. The third kappa shape index (κ3) is 1.86. The van der Waals surface area contributed by atoms with Crippen LogP contribution in [-0.2, 0) is 4.79 Å². The highest BCUT2D eigenvalue weighted by atomic mass is 16.5. The van der Waals surface area contributed by atoms with Crippen molar-refractivity contribution in [1.29, 1.82) is 0 Å². The molecule has 3 N–H and O–H groups in total. The zero-order valence-electron chi connectivity index (χ0n) is 9.19. The molecule has 2 rings (SSSR count). The Hall–Kier alpha value is -1.62. The normalized spacial score (nSPS) is 16.6. The Labute approximate surface area is 94.0 Å². The summed E-state index contributed by atoms with van der Waals surface area (Å²) in [5, 5.41) is 2.81. The first-order valence-electron chi connectivity index (χ1n) is 5.22. The SMILES string of the molecule is COc1ncccc1NC(=O)C1(CN)CC1. The monoisotopic (exact) mass is 221 g/mol. The molecule has 0 radical (unpaired) electrons. The van der Waals surface area contributed by atoms with Crippen LogP contribution < -0.4 is 15.8 Å². The van der Waals surface area contributed by atoms with E-state index >= 15 is 0 Å². The highest BCUT2D eigenvalue weighted by Gasteiger charge is 2.48. The molecule has 1 aromatic rings. The third-order valence-electron chi connectivity index (χ3n) is 2.94. The van der Waals surface area contributed by atoms with E-state index in [4.69, 9.17) is 10.5 Å². The molecular weight excluding hydrogens is 206 g/mol. The van der Waals surface area contributed by atoms with Crippen molar-refractivity contribution in [2.24, 2.45) is 11.1 Å². The van der Waals surface area contributed by atoms with Gasteiger partial charge < -0.3 is 15.8 Å². The van der Waals surface area contributed by atoms with Crippen LogP contribution in [0.25, 0.3) is 0 Å². The van der Waals surface area contributed by atoms with Gasteiger partial charge in [0.15, 0.2) is 0 Å². The second-order valence-corrected chi connectivity index (χ2v) is 4.00. The van der Waals surface area contributed by atoms with Crippen LogP contribution in [0.15, 0.2) is 18.3 Å². The molecule has 0 aliphatic heterocycles. The van der Waals surface area contributed by atoms with Gasteiger partial charge in [0.05, 0.1) is 12.5 Å². The standard InChI is InChI=1S/C11H15N3O2/c1-16-9-8(3-2-6-13-9)14-10(15)11(7-12)4-5-11/h2-3,6H,4-5,7,12H2,1H3,(H,14,15). The maximum absolute atomic E-state index is 11.9. The number of ether oxygens (including phenoxy) is 1. The summed E-state index contributed by atoms with van der Waals surface area (Å²) in [6.45, 7) is 0.390. The van der Waals surface area contributed by atoms with E-state index in [9.17, 15) is 4.79 Å². The first-order chi connectivity index (χ1) is 7.72. The summed E-state index contributed by atoms with van der Waals surface area (Å²) in [5.74, 6) is 0.380. The fraction of sp³-hybridized carbons (Fsp3) is 0.455. The van der Waals surface area contributed by atoms with Crippen LogP contribution in [0.3, 0.4) is 0 Å². The number of pyridine rings is 1. The quantitative estimate of drug-likeness (QED) is 0.787. The molecule has 1 saturated carbocycles. The molecule has 0 aromatic carbocycles. The average Bonchev–Trinajstić information content (AvgIpc) is 3.10. The van der Waals surface area contributed by atoms with Gasteiger partial charge in [-0.05, 0) is 25.0 Å². The van der Waals surface area contributed by atoms with Crippen LogP contribution in [0, 0.1) is 5.41 Å². The van der Waals surface area contributed by atoms with Crippen molar-refractivity contribution in [1.82, 2.24) is 4.98 Å². The van der Waals surface area contributed by atoms with E-state index in [2.05, 4.69) is 10.3 Å². The first-order valence-corrected chi connectivity index (χ1v) is 5.22. The minimum atomic E-state index is -0.360. The van der Waals surface area contributed by atoms with Gasteiger partial charge in [-0.15, -0.1) is 0 Å². The Bertz CT molecular complexity index is 402. The van der Waals surface area contributed by atoms with E-state index < -0.39 is 0 Å². The molecule has 86 valence electrons. The van der Waals surface area contributed by atoms with Gasteiger partial charge in [-0.3, -0.25) is 4.79 Å². The van der Waals surface area contributed by atoms with Gasteiger partial charge in [0.1, 0.15) is 5.69 Å². The number of carbonyl (C=O) groups is 1. The van der Waals surface area contributed by atoms with Gasteiger partial charge in [0.2, 0.25) is 11.8 Å². The van der Waals surface area contributed by atoms with Gasteiger partial charge >= 0.3 is 0 Å². The highest BCUT2D eigenvalue weighted by molar-refractivity contribution is 5.98. The van der Waals surface area contributed by atoms with Crippen molar-refractivity contribution in [2.75, 3.05) is 19.0 Å². The summed E-state index contributed by atoms with van der Waals surface area (Å²) in [6.07, 6.45) is 3.33. The lowest BCUT2D eigenvalue weighted by atomic mass is 10.1. The second-order valence-electron chi connectivity index (χ2n) is 4.00. The molecule has 0 bridgehead atoms. The predicted octanol–water partition coefficient (Wildman–Crippen LogP) is 0.768. The number of anilines is 1. The summed E-state index contributed by atoms with van der Waals surface area (Å²) in [7, 11) is 1.52. The Morgan fingerprint density at radius 1 is 1.69 bits per heavy atom. The summed E-state index contributed by atoms with van der Waals surface area (Å²) < 4.78 is 5.06. The summed E-state index contributed by atoms with van der Waals surface area (Å²) in [6, 6.07) is 3.51. The number of amides is 1. The molecule has 1 fully saturated rings. The maximum Gasteiger partial charge on any atom is 0.237 e. The largest absolute Gasteiger partial charge is 0.480 e. The molecule has 16 heavy (non-hydrogen) atoms. The molecule has 0 atom stereocenters. The smallest absolute Gasteiger partial charge is 0.237 e. The molecule has 1 aliphatic carbocycles. The van der Waals surface area contributed by atoms with E-state index in [1.807, 2.05) is 0 Å². The zero-order valence-corrected chi connectivity index (χ0v) is 9.19. The van der Waals surface area contributed by atoms with Crippen LogP contribution in [0.5, 0.6) is 5.88 Å². The summed E-state index contributed by atoms with van der Waals surface area (Å²) in [4.78, 5) is 15.9. The van der Waals surface area contributed by atoms with Crippen molar-refractivity contribution < 1.29 is 9.53 Å². The molecule has 0 saturated heterocycles. The maximum atomic E-state index is 11.9. The number of hydrogen-bond donors (Lipinski definition) is 2. The molecular formula is C11H15N3O2. The van der Waals surface area contributed by atoms with Crippen molar-refractivity contribution in [3.05, 3.63) is 18.3 Å². The fourth-order valence-corrected chi connectivity index (χ4v) is 1.58. The second kappa shape index (κ2) is 4.09. The van der Waals surface area contributed by atoms with E-state index in [-0.39, 0.29) is 11.3 Å². The van der Waals surface area contributed by atoms with Crippen LogP contribution in [0.1, 0.15) is 12.8 Å². The van der Waals surface area contributed by atoms with Gasteiger partial charge in [-0.2, -0.15) is 0 Å². The number of nitrogens with zero attached hydrogens (tertiary/aromatic N) is 1. The molecule has 5 nitrogen and oxygen atoms in total. The average molecular weight is 221 g/mol. The minimum Gasteiger partial charge on any atom is -0.480 e. The van der Waals surface area contributed by atoms with Gasteiger partial charge in [-0.25, -0.2) is 4.98 Å². The number of methoxy groups -OCH3 is 1. The number of hydrogen-bond acceptors (Lipinski definition) is 4. The molecule has 1 aromatic heterocycles. The Balaban J connectivity index is 2.12. The Kier molecular flexibility index (Phi) is 2.78. The molecule has 5 heteroatoms. The van der Waals surface area contributed by atoms with Crippen molar-refractivity contribution in [3.63, 3.8) is 0 Å². The van der Waals surface area contributed by atoms with Crippen LogP contribution in [-0.4, -0.2) is 24.5 Å². The van der Waals surface area contributed by atoms with Gasteiger partial charge in [0, 0.05) is 12.7 Å². The van der Waals surface area contributed by atoms with E-state index in [1.54, 1.807) is 18.3 Å². The fourth-order valence-electron chi connectivity index (χ4n) is 1.58. The Morgan fingerprint density at radius 2 is 2.44 bits per heavy atom. The highest BCUT2D eigenvalue weighted by Crippen LogP contribution is 2.45. The molecule has 0 unspecified atom stereocenters. The number of nitrogens with one attached hydrogen (secondary N) is 1. The van der Waals surface area contributed by atoms with Crippen LogP contribution in [0.2, 0.25) is 0 Å². The van der Waals surface area contributed by atoms with Crippen molar-refractivity contribution in [3.8, 4) is 5.88 Å². The lowest BCUT2D eigenvalue weighted by Gasteiger charge is -2.14. The lowest BCUT2D eigenvalue weighted by molar-refractivity contribution is -0.120. The number of carbonyl (C=O) groups excluding carboxylic acids is 1. The van der Waals surface area contributed by atoms with E-state index in [0.29, 0.717) is 18.1 Å². The minimum absolute atomic E-state index is 0.0405. The number of aromatic nitrogens is 1. The predicted molar refractivity (Wildman–Crippen MR) is 60.1 cm³/mol. The van der Waals surface area contributed by atoms with E-state index in [1.165, 1.54) is 7.11 Å². The van der Waals surface area contributed by atoms with Crippen LogP contribution in [0.4, 0.5) is 5.69 Å². The lowest BCUT2D eigenvalue weighted by Crippen LogP contribution is -2.31.